The normalized spacial score (nSPS) is 14.7. The van der Waals surface area contributed by atoms with E-state index in [1.807, 2.05) is 43.3 Å². The van der Waals surface area contributed by atoms with Crippen LogP contribution < -0.4 is 10.9 Å². The van der Waals surface area contributed by atoms with E-state index in [1.54, 1.807) is 16.8 Å². The SMILES string of the molecule is Cc1ccc(Cn2c(=O)c(C(=O)NCCN3CCOCC3)cc3cccnc32)cc1. The molecule has 7 nitrogen and oxygen atoms in total. The molecule has 2 aromatic heterocycles. The molecule has 0 saturated carbocycles. The average Bonchev–Trinajstić information content (AvgIpc) is 2.77. The average molecular weight is 406 g/mol. The first-order valence-electron chi connectivity index (χ1n) is 10.2. The van der Waals surface area contributed by atoms with Crippen molar-refractivity contribution in [3.63, 3.8) is 0 Å². The molecule has 0 bridgehead atoms. The van der Waals surface area contributed by atoms with Crippen LogP contribution in [-0.4, -0.2) is 59.8 Å². The summed E-state index contributed by atoms with van der Waals surface area (Å²) in [4.78, 5) is 32.6. The summed E-state index contributed by atoms with van der Waals surface area (Å²) < 4.78 is 6.92. The monoisotopic (exact) mass is 406 g/mol. The van der Waals surface area contributed by atoms with Crippen LogP contribution in [0.1, 0.15) is 21.5 Å². The van der Waals surface area contributed by atoms with Crippen molar-refractivity contribution in [2.75, 3.05) is 39.4 Å². The fraction of sp³-hybridized carbons (Fsp3) is 0.348. The highest BCUT2D eigenvalue weighted by molar-refractivity contribution is 5.96. The van der Waals surface area contributed by atoms with Crippen LogP contribution in [0.3, 0.4) is 0 Å². The molecule has 3 heterocycles. The van der Waals surface area contributed by atoms with Gasteiger partial charge in [-0.3, -0.25) is 19.1 Å². The quantitative estimate of drug-likeness (QED) is 0.676. The molecule has 156 valence electrons. The Kier molecular flexibility index (Phi) is 6.21. The summed E-state index contributed by atoms with van der Waals surface area (Å²) in [5.41, 5.74) is 2.53. The van der Waals surface area contributed by atoms with Crippen LogP contribution in [0.2, 0.25) is 0 Å². The highest BCUT2D eigenvalue weighted by Crippen LogP contribution is 2.13. The number of morpholine rings is 1. The number of rotatable bonds is 6. The molecule has 1 aliphatic rings. The third kappa shape index (κ3) is 4.58. The standard InChI is InChI=1S/C23H26N4O3/c1-17-4-6-18(7-5-17)16-27-21-19(3-2-8-24-21)15-20(23(27)29)22(28)25-9-10-26-11-13-30-14-12-26/h2-8,15H,9-14,16H2,1H3,(H,25,28). The highest BCUT2D eigenvalue weighted by atomic mass is 16.5. The molecule has 4 rings (SSSR count). The minimum Gasteiger partial charge on any atom is -0.379 e. The number of benzene rings is 1. The van der Waals surface area contributed by atoms with E-state index in [1.165, 1.54) is 0 Å². The van der Waals surface area contributed by atoms with Crippen molar-refractivity contribution in [2.24, 2.45) is 0 Å². The van der Waals surface area contributed by atoms with Crippen LogP contribution >= 0.6 is 0 Å². The van der Waals surface area contributed by atoms with Gasteiger partial charge in [0.05, 0.1) is 19.8 Å². The van der Waals surface area contributed by atoms with Crippen LogP contribution in [0.4, 0.5) is 0 Å². The van der Waals surface area contributed by atoms with Crippen molar-refractivity contribution in [3.8, 4) is 0 Å². The predicted octanol–water partition coefficient (Wildman–Crippen LogP) is 1.82. The summed E-state index contributed by atoms with van der Waals surface area (Å²) in [7, 11) is 0. The largest absolute Gasteiger partial charge is 0.379 e. The van der Waals surface area contributed by atoms with Gasteiger partial charge in [0.15, 0.2) is 0 Å². The number of ether oxygens (including phenoxy) is 1. The van der Waals surface area contributed by atoms with E-state index in [0.29, 0.717) is 18.7 Å². The van der Waals surface area contributed by atoms with Crippen LogP contribution in [0.25, 0.3) is 11.0 Å². The summed E-state index contributed by atoms with van der Waals surface area (Å²) in [6, 6.07) is 13.3. The Hall–Kier alpha value is -3.03. The molecule has 1 amide bonds. The number of fused-ring (bicyclic) bond motifs is 1. The number of carbonyl (C=O) groups is 1. The van der Waals surface area contributed by atoms with Crippen molar-refractivity contribution in [1.29, 1.82) is 0 Å². The molecule has 0 unspecified atom stereocenters. The molecular weight excluding hydrogens is 380 g/mol. The zero-order valence-electron chi connectivity index (χ0n) is 17.1. The second kappa shape index (κ2) is 9.19. The van der Waals surface area contributed by atoms with Gasteiger partial charge in [0, 0.05) is 37.8 Å². The first-order chi connectivity index (χ1) is 14.6. The van der Waals surface area contributed by atoms with Gasteiger partial charge in [0.25, 0.3) is 11.5 Å². The molecule has 1 saturated heterocycles. The number of hydrogen-bond acceptors (Lipinski definition) is 5. The lowest BCUT2D eigenvalue weighted by Gasteiger charge is -2.26. The fourth-order valence-electron chi connectivity index (χ4n) is 3.64. The molecular formula is C23H26N4O3. The summed E-state index contributed by atoms with van der Waals surface area (Å²) in [6.45, 7) is 6.77. The van der Waals surface area contributed by atoms with E-state index in [0.717, 1.165) is 49.4 Å². The molecule has 1 aliphatic heterocycles. The lowest BCUT2D eigenvalue weighted by Crippen LogP contribution is -2.42. The van der Waals surface area contributed by atoms with Crippen LogP contribution in [-0.2, 0) is 11.3 Å². The third-order valence-corrected chi connectivity index (χ3v) is 5.37. The molecule has 0 atom stereocenters. The number of nitrogens with zero attached hydrogens (tertiary/aromatic N) is 3. The number of amides is 1. The minimum atomic E-state index is -0.350. The van der Waals surface area contributed by atoms with E-state index < -0.39 is 0 Å². The predicted molar refractivity (Wildman–Crippen MR) is 116 cm³/mol. The van der Waals surface area contributed by atoms with Gasteiger partial charge in [0.1, 0.15) is 11.2 Å². The Balaban J connectivity index is 1.58. The Morgan fingerprint density at radius 2 is 1.93 bits per heavy atom. The summed E-state index contributed by atoms with van der Waals surface area (Å²) >= 11 is 0. The minimum absolute atomic E-state index is 0.143. The molecule has 1 aromatic carbocycles. The van der Waals surface area contributed by atoms with Crippen LogP contribution in [0, 0.1) is 6.92 Å². The van der Waals surface area contributed by atoms with Crippen molar-refractivity contribution in [3.05, 3.63) is 75.7 Å². The molecule has 7 heteroatoms. The Morgan fingerprint density at radius 1 is 1.17 bits per heavy atom. The second-order valence-corrected chi connectivity index (χ2v) is 7.56. The number of aryl methyl sites for hydroxylation is 1. The van der Waals surface area contributed by atoms with Gasteiger partial charge in [0.2, 0.25) is 0 Å². The third-order valence-electron chi connectivity index (χ3n) is 5.37. The molecule has 0 aliphatic carbocycles. The topological polar surface area (TPSA) is 76.5 Å². The maximum atomic E-state index is 13.2. The lowest BCUT2D eigenvalue weighted by atomic mass is 10.1. The highest BCUT2D eigenvalue weighted by Gasteiger charge is 2.17. The number of hydrogen-bond donors (Lipinski definition) is 1. The molecule has 0 spiro atoms. The van der Waals surface area contributed by atoms with Gasteiger partial charge in [-0.1, -0.05) is 29.8 Å². The van der Waals surface area contributed by atoms with Gasteiger partial charge in [-0.2, -0.15) is 0 Å². The summed E-state index contributed by atoms with van der Waals surface area (Å²) in [5, 5.41) is 3.66. The van der Waals surface area contributed by atoms with Crippen molar-refractivity contribution < 1.29 is 9.53 Å². The van der Waals surface area contributed by atoms with Gasteiger partial charge in [-0.05, 0) is 30.7 Å². The second-order valence-electron chi connectivity index (χ2n) is 7.56. The van der Waals surface area contributed by atoms with E-state index in [2.05, 4.69) is 15.2 Å². The van der Waals surface area contributed by atoms with Crippen LogP contribution in [0.15, 0.2) is 53.5 Å². The maximum absolute atomic E-state index is 13.2. The molecule has 1 fully saturated rings. The zero-order valence-corrected chi connectivity index (χ0v) is 17.1. The summed E-state index contributed by atoms with van der Waals surface area (Å²) in [6.07, 6.45) is 1.66. The Morgan fingerprint density at radius 3 is 2.70 bits per heavy atom. The number of aromatic nitrogens is 2. The molecule has 1 N–H and O–H groups in total. The smallest absolute Gasteiger partial charge is 0.265 e. The van der Waals surface area contributed by atoms with E-state index in [9.17, 15) is 9.59 Å². The fourth-order valence-corrected chi connectivity index (χ4v) is 3.64. The molecule has 30 heavy (non-hydrogen) atoms. The zero-order chi connectivity index (χ0) is 20.9. The maximum Gasteiger partial charge on any atom is 0.265 e. The number of pyridine rings is 2. The van der Waals surface area contributed by atoms with Crippen molar-refractivity contribution in [1.82, 2.24) is 19.8 Å². The van der Waals surface area contributed by atoms with E-state index in [4.69, 9.17) is 4.74 Å². The van der Waals surface area contributed by atoms with E-state index in [-0.39, 0.29) is 17.0 Å². The van der Waals surface area contributed by atoms with Crippen molar-refractivity contribution >= 4 is 16.9 Å². The first-order valence-corrected chi connectivity index (χ1v) is 10.2. The van der Waals surface area contributed by atoms with Gasteiger partial charge in [-0.25, -0.2) is 4.98 Å². The summed E-state index contributed by atoms with van der Waals surface area (Å²) in [5.74, 6) is -0.350. The first kappa shape index (κ1) is 20.3. The van der Waals surface area contributed by atoms with E-state index >= 15 is 0 Å². The number of nitrogens with one attached hydrogen (secondary N) is 1. The van der Waals surface area contributed by atoms with Gasteiger partial charge < -0.3 is 10.1 Å². The number of carbonyl (C=O) groups excluding carboxylic acids is 1. The molecule has 3 aromatic rings. The lowest BCUT2D eigenvalue weighted by molar-refractivity contribution is 0.0383. The van der Waals surface area contributed by atoms with Gasteiger partial charge in [-0.15, -0.1) is 0 Å². The van der Waals surface area contributed by atoms with Gasteiger partial charge >= 0.3 is 0 Å². The van der Waals surface area contributed by atoms with Crippen molar-refractivity contribution in [2.45, 2.75) is 13.5 Å². The Labute approximate surface area is 175 Å². The van der Waals surface area contributed by atoms with Crippen LogP contribution in [0.5, 0.6) is 0 Å². The molecule has 0 radical (unpaired) electrons. The Bertz CT molecular complexity index is 1090.